The Morgan fingerprint density at radius 2 is 1.07 bits per heavy atom. The van der Waals surface area contributed by atoms with Crippen molar-refractivity contribution in [2.24, 2.45) is 0 Å². The molecule has 0 amide bonds. The second-order valence-corrected chi connectivity index (χ2v) is 29.3. The summed E-state index contributed by atoms with van der Waals surface area (Å²) < 4.78 is 32.3. The molecular weight excluding hydrogens is 409 g/mol. The molecule has 1 aliphatic heterocycles. The van der Waals surface area contributed by atoms with Gasteiger partial charge in [0.2, 0.25) is 0 Å². The Bertz CT molecular complexity index is 462. The van der Waals surface area contributed by atoms with Crippen LogP contribution in [0.25, 0.3) is 0 Å². The molecule has 0 aliphatic carbocycles. The van der Waals surface area contributed by atoms with Crippen molar-refractivity contribution in [2.45, 2.75) is 103 Å². The van der Waals surface area contributed by atoms with Crippen molar-refractivity contribution in [3.63, 3.8) is 0 Å². The van der Waals surface area contributed by atoms with Crippen molar-refractivity contribution < 1.29 is 22.4 Å². The molecule has 0 aromatic rings. The van der Waals surface area contributed by atoms with Crippen LogP contribution in [0.2, 0.25) is 78.6 Å². The third-order valence-electron chi connectivity index (χ3n) is 3.70. The Morgan fingerprint density at radius 3 is 1.48 bits per heavy atom. The first-order valence-corrected chi connectivity index (χ1v) is 23.8. The van der Waals surface area contributed by atoms with Crippen LogP contribution in [0.15, 0.2) is 0 Å². The average molecular weight is 453 g/mol. The van der Waals surface area contributed by atoms with Gasteiger partial charge in [0.25, 0.3) is 0 Å². The van der Waals surface area contributed by atoms with E-state index in [9.17, 15) is 0 Å². The minimum atomic E-state index is -1.80. The summed E-state index contributed by atoms with van der Waals surface area (Å²) in [6.45, 7) is 27.7. The molecule has 0 bridgehead atoms. The van der Waals surface area contributed by atoms with Gasteiger partial charge in [-0.25, -0.2) is 0 Å². The molecular formula is C18H44O5Si4. The van der Waals surface area contributed by atoms with Crippen LogP contribution in [0.1, 0.15) is 0 Å². The summed E-state index contributed by atoms with van der Waals surface area (Å²) in [7, 11) is -6.95. The van der Waals surface area contributed by atoms with Gasteiger partial charge in [-0.3, -0.25) is 0 Å². The molecule has 0 aromatic carbocycles. The molecule has 0 spiro atoms. The summed E-state index contributed by atoms with van der Waals surface area (Å²) in [4.78, 5) is 0. The fraction of sp³-hybridized carbons (Fsp3) is 1.00. The number of ether oxygens (including phenoxy) is 1. The van der Waals surface area contributed by atoms with E-state index in [1.54, 1.807) is 0 Å². The van der Waals surface area contributed by atoms with E-state index in [-0.39, 0.29) is 24.4 Å². The second kappa shape index (κ2) is 9.21. The standard InChI is InChI=1S/C18H44O5Si4/c1-24(2,3)20-14-15-17(22-26(7,8)9)18(23-27(10,11)12)16(13-19-15)21-25(4,5)6/h15-18H,13-14H2,1-12H3/t15-,16-,17-,18+/m1/s1. The smallest absolute Gasteiger partial charge is 0.184 e. The summed E-state index contributed by atoms with van der Waals surface area (Å²) in [5.74, 6) is 0. The fourth-order valence-electron chi connectivity index (χ4n) is 2.96. The predicted octanol–water partition coefficient (Wildman–Crippen LogP) is 4.90. The van der Waals surface area contributed by atoms with E-state index in [1.807, 2.05) is 0 Å². The molecule has 0 aromatic heterocycles. The van der Waals surface area contributed by atoms with E-state index in [1.165, 1.54) is 0 Å². The Balaban J connectivity index is 3.14. The fourth-order valence-corrected chi connectivity index (χ4v) is 6.94. The van der Waals surface area contributed by atoms with E-state index in [2.05, 4.69) is 78.6 Å². The summed E-state index contributed by atoms with van der Waals surface area (Å²) in [5.41, 5.74) is 0. The predicted molar refractivity (Wildman–Crippen MR) is 124 cm³/mol. The van der Waals surface area contributed by atoms with Crippen LogP contribution in [0.3, 0.4) is 0 Å². The Kier molecular flexibility index (Phi) is 8.77. The van der Waals surface area contributed by atoms with Gasteiger partial charge in [0, 0.05) is 0 Å². The van der Waals surface area contributed by atoms with E-state index in [0.29, 0.717) is 13.2 Å². The SMILES string of the molecule is C[Si](C)(C)OC[C@H]1OC[C@@H](O[Si](C)(C)C)[C@H](O[Si](C)(C)C)[C@@H]1O[Si](C)(C)C. The molecule has 0 unspecified atom stereocenters. The molecule has 1 heterocycles. The molecule has 9 heteroatoms. The van der Waals surface area contributed by atoms with Gasteiger partial charge < -0.3 is 22.4 Å². The first-order chi connectivity index (χ1) is 11.9. The zero-order valence-electron chi connectivity index (χ0n) is 19.8. The van der Waals surface area contributed by atoms with Crippen molar-refractivity contribution in [3.05, 3.63) is 0 Å². The van der Waals surface area contributed by atoms with Gasteiger partial charge in [-0.2, -0.15) is 0 Å². The molecule has 27 heavy (non-hydrogen) atoms. The summed E-state index contributed by atoms with van der Waals surface area (Å²) in [6, 6.07) is 0. The van der Waals surface area contributed by atoms with Crippen LogP contribution in [0.5, 0.6) is 0 Å². The van der Waals surface area contributed by atoms with Crippen LogP contribution < -0.4 is 0 Å². The van der Waals surface area contributed by atoms with Gasteiger partial charge in [-0.1, -0.05) is 0 Å². The van der Waals surface area contributed by atoms with Gasteiger partial charge >= 0.3 is 0 Å². The van der Waals surface area contributed by atoms with Crippen molar-refractivity contribution >= 4 is 33.3 Å². The van der Waals surface area contributed by atoms with Crippen LogP contribution in [0, 0.1) is 0 Å². The minimum absolute atomic E-state index is 0.0760. The lowest BCUT2D eigenvalue weighted by Crippen LogP contribution is -2.63. The molecule has 162 valence electrons. The highest BCUT2D eigenvalue weighted by Gasteiger charge is 2.47. The normalized spacial score (nSPS) is 28.4. The molecule has 1 saturated heterocycles. The van der Waals surface area contributed by atoms with Crippen molar-refractivity contribution in [3.8, 4) is 0 Å². The molecule has 0 saturated carbocycles. The number of hydrogen-bond acceptors (Lipinski definition) is 5. The Labute approximate surface area is 172 Å². The highest BCUT2D eigenvalue weighted by molar-refractivity contribution is 6.71. The number of rotatable bonds is 9. The molecule has 1 rings (SSSR count). The lowest BCUT2D eigenvalue weighted by molar-refractivity contribution is -0.178. The summed E-state index contributed by atoms with van der Waals surface area (Å²) >= 11 is 0. The Hall–Kier alpha value is 0.668. The van der Waals surface area contributed by atoms with Crippen molar-refractivity contribution in [2.75, 3.05) is 13.2 Å². The lowest BCUT2D eigenvalue weighted by Gasteiger charge is -2.48. The number of hydrogen-bond donors (Lipinski definition) is 0. The van der Waals surface area contributed by atoms with Crippen LogP contribution in [-0.4, -0.2) is 70.9 Å². The van der Waals surface area contributed by atoms with Gasteiger partial charge in [0.05, 0.1) is 25.4 Å². The van der Waals surface area contributed by atoms with Crippen LogP contribution >= 0.6 is 0 Å². The Morgan fingerprint density at radius 1 is 0.630 bits per heavy atom. The van der Waals surface area contributed by atoms with Crippen LogP contribution in [-0.2, 0) is 22.4 Å². The molecule has 0 N–H and O–H groups in total. The third-order valence-corrected chi connectivity index (χ3v) is 7.70. The topological polar surface area (TPSA) is 46.2 Å². The lowest BCUT2D eigenvalue weighted by atomic mass is 10.0. The second-order valence-electron chi connectivity index (χ2n) is 11.5. The van der Waals surface area contributed by atoms with Gasteiger partial charge in [-0.05, 0) is 78.6 Å². The molecule has 1 fully saturated rings. The van der Waals surface area contributed by atoms with Gasteiger partial charge in [-0.15, -0.1) is 0 Å². The molecule has 4 atom stereocenters. The van der Waals surface area contributed by atoms with E-state index in [0.717, 1.165) is 0 Å². The highest BCUT2D eigenvalue weighted by atomic mass is 28.4. The van der Waals surface area contributed by atoms with E-state index >= 15 is 0 Å². The highest BCUT2D eigenvalue weighted by Crippen LogP contribution is 2.30. The maximum Gasteiger partial charge on any atom is 0.184 e. The maximum atomic E-state index is 6.67. The molecule has 0 radical (unpaired) electrons. The van der Waals surface area contributed by atoms with Crippen LogP contribution in [0.4, 0.5) is 0 Å². The van der Waals surface area contributed by atoms with Crippen molar-refractivity contribution in [1.29, 1.82) is 0 Å². The van der Waals surface area contributed by atoms with E-state index in [4.69, 9.17) is 22.4 Å². The van der Waals surface area contributed by atoms with Gasteiger partial charge in [0.1, 0.15) is 12.2 Å². The van der Waals surface area contributed by atoms with Crippen molar-refractivity contribution in [1.82, 2.24) is 0 Å². The zero-order valence-corrected chi connectivity index (χ0v) is 23.8. The quantitative estimate of drug-likeness (QED) is 0.466. The maximum absolute atomic E-state index is 6.67. The first kappa shape index (κ1) is 25.7. The zero-order chi connectivity index (χ0) is 21.3. The first-order valence-electron chi connectivity index (χ1n) is 10.2. The average Bonchev–Trinajstić information content (AvgIpc) is 2.36. The molecule has 5 nitrogen and oxygen atoms in total. The minimum Gasteiger partial charge on any atom is -0.415 e. The summed E-state index contributed by atoms with van der Waals surface area (Å²) in [6.07, 6.45) is -0.423. The van der Waals surface area contributed by atoms with E-state index < -0.39 is 33.3 Å². The summed E-state index contributed by atoms with van der Waals surface area (Å²) in [5, 5.41) is 0. The third kappa shape index (κ3) is 10.9. The van der Waals surface area contributed by atoms with Gasteiger partial charge in [0.15, 0.2) is 33.3 Å². The largest absolute Gasteiger partial charge is 0.415 e. The molecule has 1 aliphatic rings. The monoisotopic (exact) mass is 452 g/mol.